The van der Waals surface area contributed by atoms with Gasteiger partial charge in [-0.05, 0) is 72.8 Å². The first kappa shape index (κ1) is 23.6. The molecule has 7 rings (SSSR count). The van der Waals surface area contributed by atoms with Crippen LogP contribution in [-0.2, 0) is 6.54 Å². The number of H-pyrrole nitrogens is 2. The number of hydrogen-bond acceptors (Lipinski definition) is 6. The van der Waals surface area contributed by atoms with Gasteiger partial charge in [-0.25, -0.2) is 14.4 Å². The van der Waals surface area contributed by atoms with Crippen LogP contribution in [0.3, 0.4) is 0 Å². The van der Waals surface area contributed by atoms with E-state index in [1.165, 1.54) is 31.7 Å². The maximum Gasteiger partial charge on any atom is 0.178 e. The van der Waals surface area contributed by atoms with Crippen LogP contribution in [0.2, 0.25) is 0 Å². The molecule has 0 unspecified atom stereocenters. The molecule has 5 heterocycles. The lowest BCUT2D eigenvalue weighted by Gasteiger charge is -2.11. The number of rotatable bonds is 7. The number of aromatic amines is 2. The lowest BCUT2D eigenvalue weighted by molar-refractivity contribution is 0.489. The predicted octanol–water partition coefficient (Wildman–Crippen LogP) is 6.04. The SMILES string of the molecule is Fc1cc(-c2cncc(CNCC3CCCC3)c2)cc2c(-c3nc4nccc(-c5ccccn5)c4[nH]3)[nH]nc12. The van der Waals surface area contributed by atoms with Gasteiger partial charge in [-0.2, -0.15) is 5.10 Å². The number of imidazole rings is 1. The summed E-state index contributed by atoms with van der Waals surface area (Å²) in [5, 5.41) is 11.4. The number of pyridine rings is 3. The quantitative estimate of drug-likeness (QED) is 0.238. The molecule has 194 valence electrons. The monoisotopic (exact) mass is 518 g/mol. The van der Waals surface area contributed by atoms with Gasteiger partial charge in [0.2, 0.25) is 0 Å². The summed E-state index contributed by atoms with van der Waals surface area (Å²) in [5.74, 6) is 0.895. The second kappa shape index (κ2) is 9.99. The molecule has 39 heavy (non-hydrogen) atoms. The summed E-state index contributed by atoms with van der Waals surface area (Å²) in [6.45, 7) is 1.77. The van der Waals surface area contributed by atoms with Crippen molar-refractivity contribution in [1.82, 2.24) is 40.4 Å². The van der Waals surface area contributed by atoms with E-state index in [2.05, 4.69) is 41.5 Å². The number of benzene rings is 1. The average Bonchev–Trinajstić information content (AvgIpc) is 3.73. The molecule has 8 nitrogen and oxygen atoms in total. The van der Waals surface area contributed by atoms with Crippen LogP contribution in [0.15, 0.2) is 67.3 Å². The van der Waals surface area contributed by atoms with Gasteiger partial charge >= 0.3 is 0 Å². The van der Waals surface area contributed by atoms with Crippen LogP contribution in [0.25, 0.3) is 56.0 Å². The van der Waals surface area contributed by atoms with Crippen molar-refractivity contribution in [3.8, 4) is 33.9 Å². The van der Waals surface area contributed by atoms with Gasteiger partial charge in [0.25, 0.3) is 0 Å². The lowest BCUT2D eigenvalue weighted by atomic mass is 10.0. The molecular weight excluding hydrogens is 491 g/mol. The van der Waals surface area contributed by atoms with Gasteiger partial charge in [-0.15, -0.1) is 0 Å². The van der Waals surface area contributed by atoms with Crippen LogP contribution in [0, 0.1) is 11.7 Å². The summed E-state index contributed by atoms with van der Waals surface area (Å²) in [4.78, 5) is 21.4. The van der Waals surface area contributed by atoms with E-state index in [0.29, 0.717) is 22.6 Å². The van der Waals surface area contributed by atoms with Gasteiger partial charge in [0.05, 0.1) is 11.2 Å². The number of aromatic nitrogens is 7. The van der Waals surface area contributed by atoms with E-state index in [-0.39, 0.29) is 5.52 Å². The summed E-state index contributed by atoms with van der Waals surface area (Å²) in [7, 11) is 0. The number of hydrogen-bond donors (Lipinski definition) is 3. The van der Waals surface area contributed by atoms with Gasteiger partial charge in [-0.3, -0.25) is 15.1 Å². The molecule has 1 aliphatic carbocycles. The zero-order chi connectivity index (χ0) is 26.2. The summed E-state index contributed by atoms with van der Waals surface area (Å²) < 4.78 is 15.3. The first-order valence-corrected chi connectivity index (χ1v) is 13.3. The minimum absolute atomic E-state index is 0.259. The molecule has 1 saturated carbocycles. The van der Waals surface area contributed by atoms with Gasteiger partial charge in [0.1, 0.15) is 11.2 Å². The summed E-state index contributed by atoms with van der Waals surface area (Å²) in [6, 6.07) is 13.2. The topological polar surface area (TPSA) is 108 Å². The highest BCUT2D eigenvalue weighted by Gasteiger charge is 2.19. The number of fused-ring (bicyclic) bond motifs is 2. The molecule has 9 heteroatoms. The Morgan fingerprint density at radius 1 is 0.974 bits per heavy atom. The Morgan fingerprint density at radius 3 is 2.77 bits per heavy atom. The molecule has 0 atom stereocenters. The molecule has 0 radical (unpaired) electrons. The van der Waals surface area contributed by atoms with E-state index in [1.807, 2.05) is 36.5 Å². The molecular formula is C30H27FN8. The molecule has 0 saturated heterocycles. The first-order valence-electron chi connectivity index (χ1n) is 13.3. The Bertz CT molecular complexity index is 1770. The highest BCUT2D eigenvalue weighted by Crippen LogP contribution is 2.33. The molecule has 1 aliphatic rings. The first-order chi connectivity index (χ1) is 19.2. The third kappa shape index (κ3) is 4.55. The zero-order valence-corrected chi connectivity index (χ0v) is 21.3. The van der Waals surface area contributed by atoms with Crippen LogP contribution < -0.4 is 5.32 Å². The smallest absolute Gasteiger partial charge is 0.178 e. The maximum absolute atomic E-state index is 15.3. The van der Waals surface area contributed by atoms with Crippen LogP contribution in [0.1, 0.15) is 31.2 Å². The fraction of sp³-hybridized carbons (Fsp3) is 0.233. The maximum atomic E-state index is 15.3. The Labute approximate surface area is 224 Å². The fourth-order valence-corrected chi connectivity index (χ4v) is 5.56. The molecule has 5 aromatic heterocycles. The van der Waals surface area contributed by atoms with Crippen LogP contribution in [0.5, 0.6) is 0 Å². The van der Waals surface area contributed by atoms with E-state index >= 15 is 4.39 Å². The van der Waals surface area contributed by atoms with E-state index in [1.54, 1.807) is 18.6 Å². The minimum atomic E-state index is -0.404. The Balaban J connectivity index is 1.23. The summed E-state index contributed by atoms with van der Waals surface area (Å²) in [5.41, 5.74) is 6.52. The average molecular weight is 519 g/mol. The third-order valence-electron chi connectivity index (χ3n) is 7.55. The largest absolute Gasteiger partial charge is 0.335 e. The number of nitrogens with one attached hydrogen (secondary N) is 3. The van der Waals surface area contributed by atoms with Gasteiger partial charge < -0.3 is 10.3 Å². The Hall–Kier alpha value is -4.50. The van der Waals surface area contributed by atoms with E-state index < -0.39 is 5.82 Å². The van der Waals surface area contributed by atoms with Crippen molar-refractivity contribution in [2.45, 2.75) is 32.2 Å². The van der Waals surface area contributed by atoms with Gasteiger partial charge in [0.15, 0.2) is 17.3 Å². The molecule has 3 N–H and O–H groups in total. The molecule has 0 spiro atoms. The van der Waals surface area contributed by atoms with Crippen molar-refractivity contribution >= 4 is 22.1 Å². The molecule has 0 amide bonds. The highest BCUT2D eigenvalue weighted by atomic mass is 19.1. The summed E-state index contributed by atoms with van der Waals surface area (Å²) >= 11 is 0. The van der Waals surface area contributed by atoms with Gasteiger partial charge in [0, 0.05) is 47.8 Å². The van der Waals surface area contributed by atoms with Crippen LogP contribution >= 0.6 is 0 Å². The van der Waals surface area contributed by atoms with Crippen molar-refractivity contribution in [1.29, 1.82) is 0 Å². The summed E-state index contributed by atoms with van der Waals surface area (Å²) in [6.07, 6.45) is 12.4. The van der Waals surface area contributed by atoms with E-state index in [9.17, 15) is 0 Å². The normalized spacial score (nSPS) is 14.1. The Morgan fingerprint density at radius 2 is 1.90 bits per heavy atom. The highest BCUT2D eigenvalue weighted by molar-refractivity contribution is 5.97. The van der Waals surface area contributed by atoms with E-state index in [4.69, 9.17) is 4.98 Å². The number of nitrogens with zero attached hydrogens (tertiary/aromatic N) is 5. The van der Waals surface area contributed by atoms with Crippen LogP contribution in [-0.4, -0.2) is 41.7 Å². The molecule has 0 aliphatic heterocycles. The van der Waals surface area contributed by atoms with Crippen molar-refractivity contribution in [3.05, 3.63) is 78.6 Å². The van der Waals surface area contributed by atoms with Crippen molar-refractivity contribution < 1.29 is 4.39 Å². The van der Waals surface area contributed by atoms with Gasteiger partial charge in [-0.1, -0.05) is 18.9 Å². The van der Waals surface area contributed by atoms with Crippen molar-refractivity contribution in [3.63, 3.8) is 0 Å². The zero-order valence-electron chi connectivity index (χ0n) is 21.3. The second-order valence-corrected chi connectivity index (χ2v) is 10.2. The Kier molecular flexibility index (Phi) is 6.05. The van der Waals surface area contributed by atoms with Crippen molar-refractivity contribution in [2.24, 2.45) is 5.92 Å². The second-order valence-electron chi connectivity index (χ2n) is 10.2. The minimum Gasteiger partial charge on any atom is -0.335 e. The lowest BCUT2D eigenvalue weighted by Crippen LogP contribution is -2.20. The third-order valence-corrected chi connectivity index (χ3v) is 7.55. The van der Waals surface area contributed by atoms with E-state index in [0.717, 1.165) is 52.5 Å². The van der Waals surface area contributed by atoms with Crippen LogP contribution in [0.4, 0.5) is 4.39 Å². The molecule has 0 bridgehead atoms. The predicted molar refractivity (Wildman–Crippen MR) is 149 cm³/mol. The number of halogens is 1. The van der Waals surface area contributed by atoms with Crippen molar-refractivity contribution in [2.75, 3.05) is 6.54 Å². The molecule has 1 aromatic carbocycles. The standard InChI is InChI=1S/C30H27FN8/c31-24-13-20(21-11-19(16-33-17-21)15-32-14-18-5-1-2-6-18)12-23-26(24)38-39-28(23)30-36-27-22(8-10-35-29(27)37-30)25-7-3-4-9-34-25/h3-4,7-13,16-18,32H,1-2,5-6,14-15H2,(H,38,39)(H,35,36,37). The fourth-order valence-electron chi connectivity index (χ4n) is 5.56. The molecule has 1 fully saturated rings. The molecule has 6 aromatic rings.